The van der Waals surface area contributed by atoms with Crippen molar-refractivity contribution in [2.24, 2.45) is 0 Å². The van der Waals surface area contributed by atoms with E-state index in [2.05, 4.69) is 10.3 Å². The summed E-state index contributed by atoms with van der Waals surface area (Å²) >= 11 is 12.0. The van der Waals surface area contributed by atoms with Crippen molar-refractivity contribution in [1.82, 2.24) is 14.7 Å². The number of aromatic nitrogens is 2. The maximum atomic E-state index is 11.8. The Morgan fingerprint density at radius 3 is 2.50 bits per heavy atom. The van der Waals surface area contributed by atoms with Gasteiger partial charge < -0.3 is 9.72 Å². The number of imidazole rings is 1. The Morgan fingerprint density at radius 2 is 1.82 bits per heavy atom. The molecule has 2 aromatic heterocycles. The van der Waals surface area contributed by atoms with Crippen LogP contribution >= 0.6 is 23.2 Å². The summed E-state index contributed by atoms with van der Waals surface area (Å²) in [5, 5.41) is 3.88. The molecule has 4 nitrogen and oxygen atoms in total. The fourth-order valence-electron chi connectivity index (χ4n) is 2.32. The molecule has 0 bridgehead atoms. The van der Waals surface area contributed by atoms with Gasteiger partial charge in [0.05, 0.1) is 22.8 Å². The third-order valence-corrected chi connectivity index (χ3v) is 3.88. The number of nitrogens with one attached hydrogen (secondary N) is 1. The lowest BCUT2D eigenvalue weighted by atomic mass is 10.1. The van der Waals surface area contributed by atoms with E-state index in [0.717, 1.165) is 22.6 Å². The van der Waals surface area contributed by atoms with Gasteiger partial charge in [0.1, 0.15) is 5.65 Å². The maximum Gasteiger partial charge on any atom is 0.225 e. The monoisotopic (exact) mass is 333 g/mol. The first-order chi connectivity index (χ1) is 10.6. The molecule has 0 fully saturated rings. The van der Waals surface area contributed by atoms with Gasteiger partial charge in [-0.05, 0) is 24.3 Å². The molecule has 22 heavy (non-hydrogen) atoms. The van der Waals surface area contributed by atoms with E-state index in [0.29, 0.717) is 10.0 Å². The normalized spacial score (nSPS) is 10.9. The van der Waals surface area contributed by atoms with E-state index in [9.17, 15) is 4.79 Å². The lowest BCUT2D eigenvalue weighted by Gasteiger charge is -2.05. The predicted molar refractivity (Wildman–Crippen MR) is 88.4 cm³/mol. The van der Waals surface area contributed by atoms with Gasteiger partial charge in [-0.15, -0.1) is 0 Å². The smallest absolute Gasteiger partial charge is 0.225 e. The first-order valence-electron chi connectivity index (χ1n) is 6.71. The van der Waals surface area contributed by atoms with Gasteiger partial charge in [-0.3, -0.25) is 4.79 Å². The van der Waals surface area contributed by atoms with Crippen LogP contribution in [-0.4, -0.2) is 22.3 Å². The molecule has 2 heterocycles. The van der Waals surface area contributed by atoms with Gasteiger partial charge in [-0.2, -0.15) is 0 Å². The van der Waals surface area contributed by atoms with Crippen LogP contribution in [0.25, 0.3) is 16.9 Å². The molecule has 0 saturated heterocycles. The molecule has 0 aliphatic heterocycles. The van der Waals surface area contributed by atoms with E-state index < -0.39 is 0 Å². The minimum Gasteiger partial charge on any atom is -0.359 e. The Balaban J connectivity index is 2.21. The van der Waals surface area contributed by atoms with Crippen molar-refractivity contribution >= 4 is 34.8 Å². The summed E-state index contributed by atoms with van der Waals surface area (Å²) in [5.41, 5.74) is 3.19. The summed E-state index contributed by atoms with van der Waals surface area (Å²) in [6.45, 7) is 0. The second kappa shape index (κ2) is 5.99. The largest absolute Gasteiger partial charge is 0.359 e. The Morgan fingerprint density at radius 1 is 1.14 bits per heavy atom. The van der Waals surface area contributed by atoms with Crippen LogP contribution in [0.3, 0.4) is 0 Å². The van der Waals surface area contributed by atoms with Crippen LogP contribution < -0.4 is 5.32 Å². The number of nitrogens with zero attached hydrogens (tertiary/aromatic N) is 2. The third kappa shape index (κ3) is 2.80. The van der Waals surface area contributed by atoms with Crippen molar-refractivity contribution < 1.29 is 4.79 Å². The zero-order valence-electron chi connectivity index (χ0n) is 11.8. The number of carbonyl (C=O) groups excluding carboxylic acids is 1. The highest BCUT2D eigenvalue weighted by molar-refractivity contribution is 6.30. The van der Waals surface area contributed by atoms with Crippen molar-refractivity contribution in [1.29, 1.82) is 0 Å². The average Bonchev–Trinajstić information content (AvgIpc) is 2.86. The molecule has 1 N–H and O–H groups in total. The Hall–Kier alpha value is -2.04. The predicted octanol–water partition coefficient (Wildman–Crippen LogP) is 3.60. The molecule has 0 radical (unpaired) electrons. The van der Waals surface area contributed by atoms with Crippen LogP contribution in [0.2, 0.25) is 10.0 Å². The first kappa shape index (κ1) is 14.9. The number of likely N-dealkylation sites (N-methyl/N-ethyl adjacent to an activating group) is 1. The van der Waals surface area contributed by atoms with Crippen LogP contribution in [0.15, 0.2) is 42.6 Å². The fraction of sp³-hybridized carbons (Fsp3) is 0.125. The van der Waals surface area contributed by atoms with Gasteiger partial charge in [0.2, 0.25) is 5.91 Å². The molecule has 1 amide bonds. The SMILES string of the molecule is CNC(=O)Cc1c(-c2ccc(Cl)cc2)nc2ccc(Cl)cn12. The lowest BCUT2D eigenvalue weighted by Crippen LogP contribution is -2.21. The topological polar surface area (TPSA) is 46.4 Å². The molecule has 0 aliphatic rings. The molecule has 0 unspecified atom stereocenters. The number of benzene rings is 1. The van der Waals surface area contributed by atoms with E-state index >= 15 is 0 Å². The van der Waals surface area contributed by atoms with E-state index in [1.165, 1.54) is 0 Å². The molecule has 0 atom stereocenters. The minimum absolute atomic E-state index is 0.0861. The second-order valence-corrected chi connectivity index (χ2v) is 5.71. The van der Waals surface area contributed by atoms with Crippen molar-refractivity contribution in [3.63, 3.8) is 0 Å². The zero-order chi connectivity index (χ0) is 15.7. The van der Waals surface area contributed by atoms with Gasteiger partial charge in [-0.1, -0.05) is 35.3 Å². The lowest BCUT2D eigenvalue weighted by molar-refractivity contribution is -0.120. The van der Waals surface area contributed by atoms with Gasteiger partial charge in [0, 0.05) is 23.8 Å². The van der Waals surface area contributed by atoms with Crippen LogP contribution in [0.1, 0.15) is 5.69 Å². The summed E-state index contributed by atoms with van der Waals surface area (Å²) in [6, 6.07) is 11.0. The van der Waals surface area contributed by atoms with Crippen molar-refractivity contribution in [2.45, 2.75) is 6.42 Å². The molecule has 3 rings (SSSR count). The average molecular weight is 334 g/mol. The summed E-state index contributed by atoms with van der Waals surface area (Å²) in [6.07, 6.45) is 1.98. The molecule has 1 aromatic carbocycles. The number of hydrogen-bond donors (Lipinski definition) is 1. The molecule has 6 heteroatoms. The summed E-state index contributed by atoms with van der Waals surface area (Å²) in [4.78, 5) is 16.5. The highest BCUT2D eigenvalue weighted by Crippen LogP contribution is 2.27. The highest BCUT2D eigenvalue weighted by atomic mass is 35.5. The number of hydrogen-bond acceptors (Lipinski definition) is 2. The fourth-order valence-corrected chi connectivity index (χ4v) is 2.60. The zero-order valence-corrected chi connectivity index (χ0v) is 13.3. The van der Waals surface area contributed by atoms with Gasteiger partial charge in [0.15, 0.2) is 0 Å². The number of carbonyl (C=O) groups is 1. The maximum absolute atomic E-state index is 11.8. The molecular weight excluding hydrogens is 321 g/mol. The molecule has 3 aromatic rings. The van der Waals surface area contributed by atoms with Crippen LogP contribution in [0.4, 0.5) is 0 Å². The Kier molecular flexibility index (Phi) is 4.05. The van der Waals surface area contributed by atoms with E-state index in [1.807, 2.05) is 22.6 Å². The van der Waals surface area contributed by atoms with Crippen LogP contribution in [-0.2, 0) is 11.2 Å². The molecule has 0 aliphatic carbocycles. The minimum atomic E-state index is -0.0861. The summed E-state index contributed by atoms with van der Waals surface area (Å²) in [5.74, 6) is -0.0861. The number of fused-ring (bicyclic) bond motifs is 1. The van der Waals surface area contributed by atoms with Crippen LogP contribution in [0, 0.1) is 0 Å². The molecular formula is C16H13Cl2N3O. The Bertz CT molecular complexity index is 840. The Labute approximate surface area is 137 Å². The van der Waals surface area contributed by atoms with E-state index in [4.69, 9.17) is 23.2 Å². The van der Waals surface area contributed by atoms with Crippen molar-refractivity contribution in [2.75, 3.05) is 7.05 Å². The van der Waals surface area contributed by atoms with Gasteiger partial charge in [-0.25, -0.2) is 4.98 Å². The second-order valence-electron chi connectivity index (χ2n) is 4.84. The first-order valence-corrected chi connectivity index (χ1v) is 7.47. The summed E-state index contributed by atoms with van der Waals surface area (Å²) in [7, 11) is 1.61. The van der Waals surface area contributed by atoms with Crippen LogP contribution in [0.5, 0.6) is 0 Å². The van der Waals surface area contributed by atoms with E-state index in [-0.39, 0.29) is 12.3 Å². The number of amides is 1. The third-order valence-electron chi connectivity index (χ3n) is 3.41. The quantitative estimate of drug-likeness (QED) is 0.796. The molecule has 112 valence electrons. The van der Waals surface area contributed by atoms with Crippen molar-refractivity contribution in [3.05, 3.63) is 58.3 Å². The number of pyridine rings is 1. The number of rotatable bonds is 3. The highest BCUT2D eigenvalue weighted by Gasteiger charge is 2.16. The van der Waals surface area contributed by atoms with Gasteiger partial charge in [0.25, 0.3) is 0 Å². The molecule has 0 saturated carbocycles. The molecule has 0 spiro atoms. The van der Waals surface area contributed by atoms with E-state index in [1.54, 1.807) is 31.4 Å². The van der Waals surface area contributed by atoms with Gasteiger partial charge >= 0.3 is 0 Å². The summed E-state index contributed by atoms with van der Waals surface area (Å²) < 4.78 is 1.85. The van der Waals surface area contributed by atoms with Crippen molar-refractivity contribution in [3.8, 4) is 11.3 Å². The number of halogens is 2. The standard InChI is InChI=1S/C16H13Cl2N3O/c1-19-15(22)8-13-16(10-2-4-11(17)5-3-10)20-14-7-6-12(18)9-21(13)14/h2-7,9H,8H2,1H3,(H,19,22).